The van der Waals surface area contributed by atoms with Gasteiger partial charge in [0, 0.05) is 111 Å². The molecule has 0 amide bonds. The second kappa shape index (κ2) is 25.5. The first-order valence-corrected chi connectivity index (χ1v) is 18.5. The van der Waals surface area contributed by atoms with Gasteiger partial charge in [-0.25, -0.2) is 0 Å². The largest absolute Gasteiger partial charge is 0.573 e. The molecule has 0 saturated carbocycles. The molecule has 0 fully saturated rings. The third-order valence-corrected chi connectivity index (χ3v) is 8.69. The molecule has 54 heavy (non-hydrogen) atoms. The van der Waals surface area contributed by atoms with E-state index in [0.717, 1.165) is 59.7 Å². The Kier molecular flexibility index (Phi) is 23.7. The molecule has 279 valence electrons. The van der Waals surface area contributed by atoms with Gasteiger partial charge in [0.25, 0.3) is 0 Å². The maximum absolute atomic E-state index is 5.95. The van der Waals surface area contributed by atoms with Gasteiger partial charge in [0.05, 0.1) is 23.3 Å². The minimum absolute atomic E-state index is 0. The predicted molar refractivity (Wildman–Crippen MR) is 215 cm³/mol. The molecule has 3 radical (unpaired) electrons. The summed E-state index contributed by atoms with van der Waals surface area (Å²) in [6.45, 7) is 23.0. The van der Waals surface area contributed by atoms with Crippen molar-refractivity contribution in [3.8, 4) is 0 Å². The van der Waals surface area contributed by atoms with Crippen LogP contribution in [0.1, 0.15) is 95.7 Å². The van der Waals surface area contributed by atoms with Gasteiger partial charge in [-0.15, -0.1) is 13.1 Å². The second-order valence-electron chi connectivity index (χ2n) is 11.9. The number of ether oxygens (including phenoxy) is 3. The molecule has 0 unspecified atom stereocenters. The Morgan fingerprint density at radius 3 is 1.17 bits per heavy atom. The molecule has 0 aromatic heterocycles. The molecule has 9 heteroatoms. The van der Waals surface area contributed by atoms with Gasteiger partial charge in [0.2, 0.25) is 0 Å². The molecule has 0 N–H and O–H groups in total. The van der Waals surface area contributed by atoms with Crippen LogP contribution in [0.3, 0.4) is 0 Å². The third kappa shape index (κ3) is 12.4. The van der Waals surface area contributed by atoms with Gasteiger partial charge >= 0.3 is 0 Å². The Morgan fingerprint density at radius 1 is 0.537 bits per heavy atom. The Balaban J connectivity index is 0.000000370. The average Bonchev–Trinajstić information content (AvgIpc) is 4.03. The fourth-order valence-corrected chi connectivity index (χ4v) is 6.04. The van der Waals surface area contributed by atoms with E-state index in [4.69, 9.17) is 14.2 Å². The Morgan fingerprint density at radius 2 is 0.870 bits per heavy atom. The van der Waals surface area contributed by atoms with Gasteiger partial charge in [-0.2, -0.15) is 0 Å². The summed E-state index contributed by atoms with van der Waals surface area (Å²) in [6, 6.07) is 26.3. The van der Waals surface area contributed by atoms with Crippen LogP contribution >= 0.6 is 0 Å². The number of aliphatic imine (C=N–C) groups is 3. The molecule has 3 aliphatic carbocycles. The minimum Gasteiger partial charge on any atom is -0.573 e. The maximum Gasteiger partial charge on any atom is 0.0612 e. The second-order valence-corrected chi connectivity index (χ2v) is 11.9. The number of nitrogens with zero attached hydrogens (tertiary/aromatic N) is 3. The van der Waals surface area contributed by atoms with Crippen LogP contribution in [0.15, 0.2) is 106 Å². The van der Waals surface area contributed by atoms with Gasteiger partial charge in [-0.3, -0.25) is 0 Å². The quantitative estimate of drug-likeness (QED) is 0.246. The van der Waals surface area contributed by atoms with Crippen LogP contribution in [0.5, 0.6) is 0 Å². The predicted octanol–water partition coefficient (Wildman–Crippen LogP) is 10.9. The van der Waals surface area contributed by atoms with Gasteiger partial charge in [0.1, 0.15) is 0 Å². The summed E-state index contributed by atoms with van der Waals surface area (Å²) < 4.78 is 16.8. The smallest absolute Gasteiger partial charge is 0.0612 e. The normalized spacial score (nSPS) is 16.2. The molecule has 3 heterocycles. The molecule has 6 nitrogen and oxygen atoms in total. The summed E-state index contributed by atoms with van der Waals surface area (Å²) in [4.78, 5) is 13.0. The van der Waals surface area contributed by atoms with E-state index in [9.17, 15) is 0 Å². The first kappa shape index (κ1) is 50.2. The van der Waals surface area contributed by atoms with E-state index in [0.29, 0.717) is 13.2 Å². The van der Waals surface area contributed by atoms with Crippen LogP contribution in [-0.4, -0.2) is 36.5 Å². The first-order valence-electron chi connectivity index (χ1n) is 18.5. The maximum atomic E-state index is 5.95. The zero-order valence-electron chi connectivity index (χ0n) is 33.6. The molecule has 0 saturated heterocycles. The summed E-state index contributed by atoms with van der Waals surface area (Å²) in [5.41, 5.74) is 11.0. The van der Waals surface area contributed by atoms with Crippen LogP contribution in [-0.2, 0) is 132 Å². The average molecular weight is 952 g/mol. The van der Waals surface area contributed by atoms with E-state index in [2.05, 4.69) is 120 Å². The fourth-order valence-electron chi connectivity index (χ4n) is 6.04. The number of fused-ring (bicyclic) bond motifs is 3. The SMILES string of the molecule is C1=C(C2=N[CH-]CO2)c2ccccc2C1.C1=C(C2=N[CH-]CO2)c2ccccc2C1.CC.CC.CC.C[C-]1N=C(C2=CCc3ccccc32)OC1(C)C.[Y].[Y].[Y]. The molecule has 3 aromatic carbocycles. The van der Waals surface area contributed by atoms with Gasteiger partial charge in [-0.05, 0) is 83.2 Å². The van der Waals surface area contributed by atoms with Crippen molar-refractivity contribution < 1.29 is 112 Å². The van der Waals surface area contributed by atoms with Crippen molar-refractivity contribution in [2.75, 3.05) is 13.2 Å². The Bertz CT molecular complexity index is 1740. The number of benzene rings is 3. The van der Waals surface area contributed by atoms with Crippen LogP contribution in [0, 0.1) is 19.1 Å². The molecule has 9 rings (SSSR count). The zero-order chi connectivity index (χ0) is 36.8. The van der Waals surface area contributed by atoms with Crippen molar-refractivity contribution in [1.29, 1.82) is 0 Å². The standard InChI is InChI=1S/C15H16NO.2C12H10NO.3C2H6.3Y/c1-10-15(2,3)17-14(16-10)13-9-8-11-6-4-5-7-12(11)13;2*1-2-4-10-9(3-1)5-6-11(10)12-13-7-8-14-12;3*1-2;;;/h4-7,9H,8H2,1-3H3;2*1-4,6-7H,5,8H2;3*1-2H3;;;/q3*-1;;;;;;. The van der Waals surface area contributed by atoms with Crippen LogP contribution < -0.4 is 0 Å². The minimum atomic E-state index is -0.270. The van der Waals surface area contributed by atoms with E-state index in [1.54, 1.807) is 13.1 Å². The summed E-state index contributed by atoms with van der Waals surface area (Å²) in [6.07, 6.45) is 9.54. The monoisotopic (exact) mass is 951 g/mol. The van der Waals surface area contributed by atoms with Crippen LogP contribution in [0.25, 0.3) is 16.7 Å². The van der Waals surface area contributed by atoms with Crippen molar-refractivity contribution in [3.05, 3.63) is 144 Å². The molecule has 6 aliphatic rings. The van der Waals surface area contributed by atoms with Crippen LogP contribution in [0.2, 0.25) is 0 Å². The fraction of sp³-hybridized carbons (Fsp3) is 0.333. The Labute approximate surface area is 401 Å². The summed E-state index contributed by atoms with van der Waals surface area (Å²) in [7, 11) is 0. The topological polar surface area (TPSA) is 64.8 Å². The van der Waals surface area contributed by atoms with E-state index in [1.165, 1.54) is 33.4 Å². The van der Waals surface area contributed by atoms with E-state index >= 15 is 0 Å². The van der Waals surface area contributed by atoms with E-state index in [-0.39, 0.29) is 104 Å². The number of rotatable bonds is 3. The van der Waals surface area contributed by atoms with Crippen LogP contribution in [0.4, 0.5) is 0 Å². The molecule has 3 aliphatic heterocycles. The third-order valence-electron chi connectivity index (χ3n) is 8.69. The molecular weight excluding hydrogens is 897 g/mol. The molecule has 3 aromatic rings. The van der Waals surface area contributed by atoms with Gasteiger partial charge in [0.15, 0.2) is 0 Å². The molecule has 0 spiro atoms. The summed E-state index contributed by atoms with van der Waals surface area (Å²) in [5.74, 6) is 2.32. The summed E-state index contributed by atoms with van der Waals surface area (Å²) in [5, 5.41) is 0. The molecular formula is C45H54N3O3Y3-3. The van der Waals surface area contributed by atoms with Crippen molar-refractivity contribution in [2.24, 2.45) is 15.0 Å². The number of hydrogen-bond donors (Lipinski definition) is 0. The van der Waals surface area contributed by atoms with Crippen molar-refractivity contribution >= 4 is 34.4 Å². The number of allylic oxidation sites excluding steroid dienone is 3. The first-order chi connectivity index (χ1) is 25.0. The van der Waals surface area contributed by atoms with Gasteiger partial charge in [-0.1, -0.05) is 146 Å². The van der Waals surface area contributed by atoms with E-state index in [1.807, 2.05) is 48.5 Å². The summed E-state index contributed by atoms with van der Waals surface area (Å²) >= 11 is 0. The molecule has 0 atom stereocenters. The molecule has 0 bridgehead atoms. The number of hydrogen-bond acceptors (Lipinski definition) is 6. The van der Waals surface area contributed by atoms with Crippen molar-refractivity contribution in [1.82, 2.24) is 0 Å². The van der Waals surface area contributed by atoms with Crippen molar-refractivity contribution in [3.63, 3.8) is 0 Å². The Hall–Kier alpha value is -1.79. The van der Waals surface area contributed by atoms with Crippen molar-refractivity contribution in [2.45, 2.75) is 87.2 Å². The van der Waals surface area contributed by atoms with Gasteiger partial charge < -0.3 is 29.2 Å². The van der Waals surface area contributed by atoms with E-state index < -0.39 is 0 Å². The zero-order valence-corrected chi connectivity index (χ0v) is 42.2.